The molecule has 1 N–H and O–H groups in total. The van der Waals surface area contributed by atoms with Gasteiger partial charge in [0.05, 0.1) is 0 Å². The molecule has 6 atom stereocenters. The molecule has 0 spiro atoms. The first-order valence-electron chi connectivity index (χ1n) is 8.58. The number of rotatable bonds is 7. The first-order chi connectivity index (χ1) is 13.4. The lowest BCUT2D eigenvalue weighted by molar-refractivity contribution is -0.306. The number of aliphatic hydroxyl groups is 1. The first kappa shape index (κ1) is 24.3. The Morgan fingerprint density at radius 1 is 0.759 bits per heavy atom. The highest BCUT2D eigenvalue weighted by Crippen LogP contribution is 2.30. The van der Waals surface area contributed by atoms with Crippen LogP contribution in [0, 0.1) is 0 Å². The minimum atomic E-state index is -1.84. The van der Waals surface area contributed by atoms with Crippen molar-refractivity contribution in [1.29, 1.82) is 0 Å². The van der Waals surface area contributed by atoms with E-state index in [2.05, 4.69) is 0 Å². The van der Waals surface area contributed by atoms with Crippen LogP contribution in [-0.4, -0.2) is 78.4 Å². The number of esters is 5. The van der Waals surface area contributed by atoms with Crippen molar-refractivity contribution in [3.8, 4) is 0 Å². The number of carbonyl (C=O) groups excluding carboxylic acids is 5. The lowest BCUT2D eigenvalue weighted by atomic mass is 9.94. The van der Waals surface area contributed by atoms with E-state index in [-0.39, 0.29) is 0 Å². The van der Waals surface area contributed by atoms with E-state index in [9.17, 15) is 29.1 Å². The lowest BCUT2D eigenvalue weighted by Crippen LogP contribution is -2.64. The molecule has 0 aromatic rings. The molecule has 0 saturated carbocycles. The average molecular weight is 420 g/mol. The van der Waals surface area contributed by atoms with Gasteiger partial charge in [-0.1, -0.05) is 0 Å². The summed E-state index contributed by atoms with van der Waals surface area (Å²) in [6, 6.07) is 0. The highest BCUT2D eigenvalue weighted by atomic mass is 16.7. The number of hydrogen-bond acceptors (Lipinski definition) is 12. The van der Waals surface area contributed by atoms with Gasteiger partial charge in [0.2, 0.25) is 0 Å². The monoisotopic (exact) mass is 420 g/mol. The van der Waals surface area contributed by atoms with Crippen LogP contribution in [0.5, 0.6) is 0 Å². The van der Waals surface area contributed by atoms with E-state index >= 15 is 0 Å². The van der Waals surface area contributed by atoms with Crippen LogP contribution in [0.2, 0.25) is 0 Å². The van der Waals surface area contributed by atoms with Crippen molar-refractivity contribution < 1.29 is 57.5 Å². The normalized spacial score (nSPS) is 27.2. The second-order valence-corrected chi connectivity index (χ2v) is 6.16. The number of hydrogen-bond donors (Lipinski definition) is 1. The molecule has 1 saturated heterocycles. The fraction of sp³-hybridized carbons (Fsp3) is 0.706. The van der Waals surface area contributed by atoms with E-state index < -0.39 is 73.3 Å². The van der Waals surface area contributed by atoms with Gasteiger partial charge in [0.25, 0.3) is 0 Å². The smallest absolute Gasteiger partial charge is 0.303 e. The molecule has 1 fully saturated rings. The Bertz CT molecular complexity index is 644. The summed E-state index contributed by atoms with van der Waals surface area (Å²) >= 11 is 0. The van der Waals surface area contributed by atoms with Gasteiger partial charge in [0.15, 0.2) is 30.7 Å². The molecule has 0 radical (unpaired) electrons. The van der Waals surface area contributed by atoms with E-state index in [4.69, 9.17) is 28.4 Å². The van der Waals surface area contributed by atoms with Crippen molar-refractivity contribution in [3.05, 3.63) is 0 Å². The van der Waals surface area contributed by atoms with Gasteiger partial charge in [-0.2, -0.15) is 0 Å². The molecule has 164 valence electrons. The van der Waals surface area contributed by atoms with Crippen LogP contribution in [0.3, 0.4) is 0 Å². The topological polar surface area (TPSA) is 161 Å². The van der Waals surface area contributed by atoms with Crippen LogP contribution < -0.4 is 0 Å². The zero-order valence-electron chi connectivity index (χ0n) is 16.6. The van der Waals surface area contributed by atoms with Gasteiger partial charge in [-0.3, -0.25) is 24.0 Å². The van der Waals surface area contributed by atoms with Crippen molar-refractivity contribution in [1.82, 2.24) is 0 Å². The minimum Gasteiger partial charge on any atom is -0.462 e. The van der Waals surface area contributed by atoms with Gasteiger partial charge in [-0.25, -0.2) is 0 Å². The summed E-state index contributed by atoms with van der Waals surface area (Å²) in [5.41, 5.74) is 0. The molecule has 1 rings (SSSR count). The summed E-state index contributed by atoms with van der Waals surface area (Å²) < 4.78 is 30.5. The fourth-order valence-corrected chi connectivity index (χ4v) is 2.73. The van der Waals surface area contributed by atoms with Crippen LogP contribution >= 0.6 is 0 Å². The Hall–Kier alpha value is -2.73. The minimum absolute atomic E-state index is 0.505. The Kier molecular flexibility index (Phi) is 8.98. The van der Waals surface area contributed by atoms with Crippen LogP contribution in [0.4, 0.5) is 0 Å². The van der Waals surface area contributed by atoms with Gasteiger partial charge in [-0.05, 0) is 0 Å². The number of carbonyl (C=O) groups is 5. The van der Waals surface area contributed by atoms with E-state index in [0.29, 0.717) is 0 Å². The predicted octanol–water partition coefficient (Wildman–Crippen LogP) is -1.01. The van der Waals surface area contributed by atoms with Crippen LogP contribution in [0.25, 0.3) is 0 Å². The van der Waals surface area contributed by atoms with E-state index in [1.807, 2.05) is 0 Å². The van der Waals surface area contributed by atoms with E-state index in [0.717, 1.165) is 34.6 Å². The maximum Gasteiger partial charge on any atom is 0.303 e. The molecular formula is C17H24O12. The Morgan fingerprint density at radius 3 is 1.69 bits per heavy atom. The van der Waals surface area contributed by atoms with Crippen molar-refractivity contribution in [2.45, 2.75) is 71.4 Å². The molecule has 1 aliphatic rings. The summed E-state index contributed by atoms with van der Waals surface area (Å²) in [5.74, 6) is -3.97. The molecule has 0 aromatic heterocycles. The second kappa shape index (κ2) is 10.7. The van der Waals surface area contributed by atoms with Crippen LogP contribution in [0.15, 0.2) is 0 Å². The van der Waals surface area contributed by atoms with Crippen LogP contribution in [-0.2, 0) is 52.4 Å². The van der Waals surface area contributed by atoms with Crippen molar-refractivity contribution in [2.75, 3.05) is 6.61 Å². The molecule has 1 heterocycles. The number of ether oxygens (including phenoxy) is 6. The van der Waals surface area contributed by atoms with Gasteiger partial charge in [0.1, 0.15) is 12.7 Å². The first-order valence-corrected chi connectivity index (χ1v) is 8.58. The predicted molar refractivity (Wildman–Crippen MR) is 89.7 cm³/mol. The quantitative estimate of drug-likeness (QED) is 0.395. The van der Waals surface area contributed by atoms with Gasteiger partial charge < -0.3 is 33.5 Å². The highest BCUT2D eigenvalue weighted by Gasteiger charge is 2.54. The Labute approximate surface area is 166 Å². The van der Waals surface area contributed by atoms with Crippen molar-refractivity contribution in [2.24, 2.45) is 0 Å². The third kappa shape index (κ3) is 7.66. The highest BCUT2D eigenvalue weighted by molar-refractivity contribution is 5.69. The average Bonchev–Trinajstić information content (AvgIpc) is 2.55. The summed E-state index contributed by atoms with van der Waals surface area (Å²) in [5, 5.41) is 10.3. The SMILES string of the molecule is CC(=O)OCC(OC(C)=O)[C@H]1O[C@@H](O)[C@@H](OC(C)=O)[C@@H](OC(C)=O)[C@@H]1OC(C)=O. The molecule has 0 bridgehead atoms. The second-order valence-electron chi connectivity index (χ2n) is 6.16. The maximum absolute atomic E-state index is 11.6. The molecule has 0 aromatic carbocycles. The largest absolute Gasteiger partial charge is 0.462 e. The lowest BCUT2D eigenvalue weighted by Gasteiger charge is -2.44. The summed E-state index contributed by atoms with van der Waals surface area (Å²) in [6.07, 6.45) is -9.10. The maximum atomic E-state index is 11.6. The van der Waals surface area contributed by atoms with Gasteiger partial charge in [-0.15, -0.1) is 0 Å². The summed E-state index contributed by atoms with van der Waals surface area (Å²) in [7, 11) is 0. The van der Waals surface area contributed by atoms with Crippen molar-refractivity contribution >= 4 is 29.8 Å². The van der Waals surface area contributed by atoms with E-state index in [1.165, 1.54) is 0 Å². The molecule has 0 amide bonds. The van der Waals surface area contributed by atoms with E-state index in [1.54, 1.807) is 0 Å². The Morgan fingerprint density at radius 2 is 1.24 bits per heavy atom. The van der Waals surface area contributed by atoms with Gasteiger partial charge in [0, 0.05) is 34.6 Å². The zero-order chi connectivity index (χ0) is 22.3. The van der Waals surface area contributed by atoms with Gasteiger partial charge >= 0.3 is 29.8 Å². The summed E-state index contributed by atoms with van der Waals surface area (Å²) in [6.45, 7) is 4.84. The third-order valence-electron chi connectivity index (χ3n) is 3.59. The molecule has 29 heavy (non-hydrogen) atoms. The third-order valence-corrected chi connectivity index (χ3v) is 3.59. The Balaban J connectivity index is 3.34. The standard InChI is InChI=1S/C17H24O12/c1-7(18)24-6-12(25-8(2)19)13-14(26-9(3)20)15(27-10(4)21)16(17(23)29-13)28-11(5)22/h12-17,23H,6H2,1-5H3/t12?,13-,14-,15+,16+,17-/m1/s1. The molecule has 0 aliphatic carbocycles. The number of aliphatic hydroxyl groups excluding tert-OH is 1. The zero-order valence-corrected chi connectivity index (χ0v) is 16.6. The fourth-order valence-electron chi connectivity index (χ4n) is 2.73. The van der Waals surface area contributed by atoms with Crippen LogP contribution in [0.1, 0.15) is 34.6 Å². The molecule has 12 nitrogen and oxygen atoms in total. The molecule has 1 unspecified atom stereocenters. The van der Waals surface area contributed by atoms with Crippen molar-refractivity contribution in [3.63, 3.8) is 0 Å². The molecule has 1 aliphatic heterocycles. The molecule has 12 heteroatoms. The molecular weight excluding hydrogens is 396 g/mol. The summed E-state index contributed by atoms with van der Waals surface area (Å²) in [4.78, 5) is 57.2.